The molecule has 0 amide bonds. The fourth-order valence-electron chi connectivity index (χ4n) is 3.35. The molecule has 4 unspecified atom stereocenters. The fourth-order valence-corrected chi connectivity index (χ4v) is 3.88. The van der Waals surface area contributed by atoms with Gasteiger partial charge in [-0.15, -0.1) is 0 Å². The minimum Gasteiger partial charge on any atom is -0.386 e. The van der Waals surface area contributed by atoms with E-state index in [-0.39, 0.29) is 12.0 Å². The number of fused-ring (bicyclic) bond motifs is 2. The van der Waals surface area contributed by atoms with Crippen molar-refractivity contribution in [3.63, 3.8) is 0 Å². The zero-order chi connectivity index (χ0) is 14.3. The minimum absolute atomic E-state index is 0.208. The van der Waals surface area contributed by atoms with Crippen LogP contribution in [0.3, 0.4) is 0 Å². The number of aromatic nitrogens is 2. The first kappa shape index (κ1) is 14.5. The van der Waals surface area contributed by atoms with Crippen LogP contribution in [0.15, 0.2) is 10.7 Å². The first-order valence-corrected chi connectivity index (χ1v) is 8.05. The van der Waals surface area contributed by atoms with Gasteiger partial charge in [0.2, 0.25) is 0 Å². The van der Waals surface area contributed by atoms with Gasteiger partial charge in [0.05, 0.1) is 35.1 Å². The molecule has 2 fully saturated rings. The van der Waals surface area contributed by atoms with Crippen molar-refractivity contribution < 1.29 is 9.84 Å². The monoisotopic (exact) mass is 343 g/mol. The second-order valence-corrected chi connectivity index (χ2v) is 6.98. The Balaban J connectivity index is 1.76. The largest absolute Gasteiger partial charge is 0.386 e. The van der Waals surface area contributed by atoms with E-state index in [9.17, 15) is 5.11 Å². The Kier molecular flexibility index (Phi) is 4.17. The van der Waals surface area contributed by atoms with Gasteiger partial charge in [0.15, 0.2) is 0 Å². The highest BCUT2D eigenvalue weighted by atomic mass is 79.9. The second kappa shape index (κ2) is 5.75. The molecule has 2 bridgehead atoms. The van der Waals surface area contributed by atoms with E-state index in [2.05, 4.69) is 25.9 Å². The molecule has 0 aliphatic carbocycles. The van der Waals surface area contributed by atoms with Crippen LogP contribution >= 0.6 is 15.9 Å². The lowest BCUT2D eigenvalue weighted by atomic mass is 9.84. The fraction of sp³-hybridized carbons (Fsp3) is 0.786. The van der Waals surface area contributed by atoms with E-state index < -0.39 is 6.10 Å². The highest BCUT2D eigenvalue weighted by Gasteiger charge is 2.45. The highest BCUT2D eigenvalue weighted by molar-refractivity contribution is 9.10. The number of aliphatic hydroxyl groups is 1. The second-order valence-electron chi connectivity index (χ2n) is 6.12. The van der Waals surface area contributed by atoms with E-state index >= 15 is 0 Å². The Bertz CT molecular complexity index is 477. The summed E-state index contributed by atoms with van der Waals surface area (Å²) in [6.07, 6.45) is 5.06. The van der Waals surface area contributed by atoms with Gasteiger partial charge in [0, 0.05) is 12.5 Å². The summed E-state index contributed by atoms with van der Waals surface area (Å²) in [6, 6.07) is 0. The van der Waals surface area contributed by atoms with Gasteiger partial charge in [0.1, 0.15) is 6.10 Å². The minimum atomic E-state index is -0.496. The molecule has 3 rings (SSSR count). The van der Waals surface area contributed by atoms with Crippen molar-refractivity contribution in [3.8, 4) is 0 Å². The van der Waals surface area contributed by atoms with Crippen molar-refractivity contribution in [1.82, 2.24) is 14.7 Å². The molecule has 112 valence electrons. The summed E-state index contributed by atoms with van der Waals surface area (Å²) in [5, 5.41) is 15.2. The van der Waals surface area contributed by atoms with E-state index in [1.54, 1.807) is 6.20 Å². The molecule has 20 heavy (non-hydrogen) atoms. The Morgan fingerprint density at radius 1 is 1.55 bits per heavy atom. The van der Waals surface area contributed by atoms with Crippen LogP contribution in [0.1, 0.15) is 31.1 Å². The summed E-state index contributed by atoms with van der Waals surface area (Å²) in [5.41, 5.74) is 0.896. The molecule has 0 spiro atoms. The third-order valence-electron chi connectivity index (χ3n) is 4.43. The maximum atomic E-state index is 10.8. The normalized spacial score (nSPS) is 30.4. The third kappa shape index (κ3) is 2.66. The van der Waals surface area contributed by atoms with Crippen molar-refractivity contribution in [2.24, 2.45) is 5.92 Å². The van der Waals surface area contributed by atoms with Crippen molar-refractivity contribution in [1.29, 1.82) is 0 Å². The number of aliphatic hydroxyl groups excluding tert-OH is 1. The number of ether oxygens (including phenoxy) is 1. The zero-order valence-corrected chi connectivity index (χ0v) is 13.6. The number of halogens is 1. The van der Waals surface area contributed by atoms with Gasteiger partial charge in [0.25, 0.3) is 0 Å². The maximum Gasteiger partial charge on any atom is 0.102 e. The average molecular weight is 344 g/mol. The first-order chi connectivity index (χ1) is 9.56. The number of rotatable bonds is 5. The van der Waals surface area contributed by atoms with Gasteiger partial charge < -0.3 is 14.7 Å². The molecule has 3 heterocycles. The van der Waals surface area contributed by atoms with E-state index in [1.807, 2.05) is 18.8 Å². The van der Waals surface area contributed by atoms with E-state index in [4.69, 9.17) is 4.74 Å². The van der Waals surface area contributed by atoms with Crippen molar-refractivity contribution in [2.75, 3.05) is 20.6 Å². The van der Waals surface area contributed by atoms with Gasteiger partial charge in [-0.3, -0.25) is 4.68 Å². The number of hydrogen-bond donors (Lipinski definition) is 1. The predicted octanol–water partition coefficient (Wildman–Crippen LogP) is 1.81. The quantitative estimate of drug-likeness (QED) is 0.885. The Morgan fingerprint density at radius 3 is 2.95 bits per heavy atom. The topological polar surface area (TPSA) is 50.5 Å². The zero-order valence-electron chi connectivity index (χ0n) is 12.0. The van der Waals surface area contributed by atoms with Crippen LogP contribution in [-0.2, 0) is 11.3 Å². The maximum absolute atomic E-state index is 10.8. The van der Waals surface area contributed by atoms with Gasteiger partial charge in [-0.2, -0.15) is 5.10 Å². The smallest absolute Gasteiger partial charge is 0.102 e. The van der Waals surface area contributed by atoms with Crippen LogP contribution in [0.25, 0.3) is 0 Å². The Hall–Kier alpha value is -0.430. The van der Waals surface area contributed by atoms with Crippen LogP contribution in [0.2, 0.25) is 0 Å². The van der Waals surface area contributed by atoms with Gasteiger partial charge in [-0.25, -0.2) is 0 Å². The summed E-state index contributed by atoms with van der Waals surface area (Å²) in [5.74, 6) is 0.208. The standard InChI is InChI=1S/C14H22BrN3O2/c1-17(2)5-6-18-13(11(15)8-16-18)14(19)10-7-9-3-4-12(10)20-9/h8-10,12,14,19H,3-7H2,1-2H3. The molecule has 4 atom stereocenters. The molecule has 1 aromatic heterocycles. The summed E-state index contributed by atoms with van der Waals surface area (Å²) in [4.78, 5) is 2.12. The van der Waals surface area contributed by atoms with Crippen molar-refractivity contribution in [2.45, 2.75) is 44.1 Å². The predicted molar refractivity (Wildman–Crippen MR) is 79.4 cm³/mol. The molecule has 0 saturated carbocycles. The van der Waals surface area contributed by atoms with Gasteiger partial charge in [-0.05, 0) is 49.3 Å². The Labute approximate surface area is 128 Å². The van der Waals surface area contributed by atoms with Crippen LogP contribution in [0.4, 0.5) is 0 Å². The lowest BCUT2D eigenvalue weighted by molar-refractivity contribution is 0.0375. The lowest BCUT2D eigenvalue weighted by Gasteiger charge is -2.25. The summed E-state index contributed by atoms with van der Waals surface area (Å²) in [6.45, 7) is 1.69. The molecule has 1 aromatic rings. The first-order valence-electron chi connectivity index (χ1n) is 7.25. The molecule has 2 aliphatic heterocycles. The van der Waals surface area contributed by atoms with E-state index in [1.165, 1.54) is 0 Å². The molecule has 2 saturated heterocycles. The molecular weight excluding hydrogens is 322 g/mol. The van der Waals surface area contributed by atoms with Crippen molar-refractivity contribution in [3.05, 3.63) is 16.4 Å². The molecular formula is C14H22BrN3O2. The highest BCUT2D eigenvalue weighted by Crippen LogP contribution is 2.45. The Morgan fingerprint density at radius 2 is 2.35 bits per heavy atom. The van der Waals surface area contributed by atoms with Crippen LogP contribution in [-0.4, -0.2) is 52.6 Å². The van der Waals surface area contributed by atoms with Gasteiger partial charge >= 0.3 is 0 Å². The number of hydrogen-bond acceptors (Lipinski definition) is 4. The number of nitrogens with zero attached hydrogens (tertiary/aromatic N) is 3. The van der Waals surface area contributed by atoms with E-state index in [0.29, 0.717) is 6.10 Å². The molecule has 5 nitrogen and oxygen atoms in total. The molecule has 0 radical (unpaired) electrons. The lowest BCUT2D eigenvalue weighted by Crippen LogP contribution is -2.27. The van der Waals surface area contributed by atoms with Crippen LogP contribution in [0, 0.1) is 5.92 Å². The number of likely N-dealkylation sites (N-methyl/N-ethyl adjacent to an activating group) is 1. The SMILES string of the molecule is CN(C)CCn1ncc(Br)c1C(O)C1CC2CCC1O2. The van der Waals surface area contributed by atoms with Crippen LogP contribution < -0.4 is 0 Å². The van der Waals surface area contributed by atoms with E-state index in [0.717, 1.165) is 42.5 Å². The summed E-state index contributed by atoms with van der Waals surface area (Å²) >= 11 is 3.53. The van der Waals surface area contributed by atoms with Crippen molar-refractivity contribution >= 4 is 15.9 Å². The average Bonchev–Trinajstić information content (AvgIpc) is 3.10. The van der Waals surface area contributed by atoms with Gasteiger partial charge in [-0.1, -0.05) is 0 Å². The van der Waals surface area contributed by atoms with Crippen LogP contribution in [0.5, 0.6) is 0 Å². The summed E-state index contributed by atoms with van der Waals surface area (Å²) < 4.78 is 8.68. The molecule has 6 heteroatoms. The summed E-state index contributed by atoms with van der Waals surface area (Å²) in [7, 11) is 4.08. The molecule has 1 N–H and O–H groups in total. The molecule has 0 aromatic carbocycles. The third-order valence-corrected chi connectivity index (χ3v) is 5.04. The molecule has 2 aliphatic rings.